The largest absolute Gasteiger partial charge is 0.373 e. The van der Waals surface area contributed by atoms with Gasteiger partial charge in [0.05, 0.1) is 18.8 Å². The van der Waals surface area contributed by atoms with E-state index in [0.29, 0.717) is 19.6 Å². The lowest BCUT2D eigenvalue weighted by Crippen LogP contribution is -2.51. The fourth-order valence-electron chi connectivity index (χ4n) is 3.30. The molecule has 0 aromatic rings. The molecule has 0 saturated carbocycles. The second-order valence-corrected chi connectivity index (χ2v) is 6.61. The number of carbonyl (C=O) groups is 2. The number of urea groups is 1. The monoisotopic (exact) mass is 323 g/mol. The number of imide groups is 1. The van der Waals surface area contributed by atoms with E-state index >= 15 is 0 Å². The number of carbonyl (C=O) groups excluding carboxylic acids is 2. The zero-order valence-electron chi connectivity index (χ0n) is 14.3. The summed E-state index contributed by atoms with van der Waals surface area (Å²) in [7, 11) is 0. The van der Waals surface area contributed by atoms with Crippen molar-refractivity contribution in [3.8, 4) is 0 Å². The van der Waals surface area contributed by atoms with Gasteiger partial charge in [-0.25, -0.2) is 4.79 Å². The molecule has 6 nitrogen and oxygen atoms in total. The maximum absolute atomic E-state index is 11.9. The molecule has 0 unspecified atom stereocenters. The van der Waals surface area contributed by atoms with Crippen molar-refractivity contribution < 1.29 is 14.3 Å². The van der Waals surface area contributed by atoms with E-state index in [0.717, 1.165) is 19.3 Å². The molecule has 6 heteroatoms. The molecular weight excluding hydrogens is 294 g/mol. The molecule has 0 aromatic heterocycles. The van der Waals surface area contributed by atoms with Gasteiger partial charge in [0.2, 0.25) is 5.91 Å². The lowest BCUT2D eigenvalue weighted by molar-refractivity contribution is -0.124. The fourth-order valence-corrected chi connectivity index (χ4v) is 3.30. The molecule has 23 heavy (non-hydrogen) atoms. The van der Waals surface area contributed by atoms with Crippen LogP contribution in [0.5, 0.6) is 0 Å². The summed E-state index contributed by atoms with van der Waals surface area (Å²) >= 11 is 0. The molecule has 1 fully saturated rings. The van der Waals surface area contributed by atoms with E-state index in [-0.39, 0.29) is 24.7 Å². The molecule has 1 aliphatic carbocycles. The van der Waals surface area contributed by atoms with Gasteiger partial charge < -0.3 is 10.1 Å². The second-order valence-electron chi connectivity index (χ2n) is 6.61. The van der Waals surface area contributed by atoms with Gasteiger partial charge in [0, 0.05) is 19.6 Å². The number of rotatable bonds is 5. The summed E-state index contributed by atoms with van der Waals surface area (Å²) in [5, 5.41) is 5.16. The summed E-state index contributed by atoms with van der Waals surface area (Å²) in [4.78, 5) is 25.7. The van der Waals surface area contributed by atoms with Crippen LogP contribution in [0.3, 0.4) is 0 Å². The molecule has 2 N–H and O–H groups in total. The van der Waals surface area contributed by atoms with Gasteiger partial charge in [0.25, 0.3) is 0 Å². The first-order chi connectivity index (χ1) is 11.0. The van der Waals surface area contributed by atoms with Gasteiger partial charge in [0.15, 0.2) is 0 Å². The van der Waals surface area contributed by atoms with Gasteiger partial charge in [-0.3, -0.25) is 15.0 Å². The van der Waals surface area contributed by atoms with E-state index in [1.54, 1.807) is 0 Å². The Morgan fingerprint density at radius 2 is 2.00 bits per heavy atom. The first-order valence-electron chi connectivity index (χ1n) is 8.66. The van der Waals surface area contributed by atoms with Crippen molar-refractivity contribution in [3.63, 3.8) is 0 Å². The number of hydrogen-bond donors (Lipinski definition) is 2. The van der Waals surface area contributed by atoms with Crippen LogP contribution in [-0.2, 0) is 9.53 Å². The summed E-state index contributed by atoms with van der Waals surface area (Å²) in [5.74, 6) is -0.263. The van der Waals surface area contributed by atoms with Crippen LogP contribution in [-0.4, -0.2) is 55.2 Å². The third-order valence-electron chi connectivity index (χ3n) is 4.23. The number of nitrogens with one attached hydrogen (secondary N) is 2. The maximum atomic E-state index is 11.9. The van der Waals surface area contributed by atoms with Crippen LogP contribution in [0.15, 0.2) is 11.6 Å². The van der Waals surface area contributed by atoms with Crippen LogP contribution >= 0.6 is 0 Å². The van der Waals surface area contributed by atoms with Gasteiger partial charge in [0.1, 0.15) is 0 Å². The van der Waals surface area contributed by atoms with E-state index < -0.39 is 6.03 Å². The maximum Gasteiger partial charge on any atom is 0.321 e. The van der Waals surface area contributed by atoms with Crippen LogP contribution in [0.2, 0.25) is 0 Å². The van der Waals surface area contributed by atoms with Crippen molar-refractivity contribution in [3.05, 3.63) is 11.6 Å². The van der Waals surface area contributed by atoms with Gasteiger partial charge in [-0.05, 0) is 46.0 Å². The lowest BCUT2D eigenvalue weighted by atomic mass is 9.97. The Morgan fingerprint density at radius 1 is 1.26 bits per heavy atom. The molecule has 0 bridgehead atoms. The first-order valence-corrected chi connectivity index (χ1v) is 8.66. The molecule has 0 aromatic carbocycles. The van der Waals surface area contributed by atoms with Crippen LogP contribution in [0, 0.1) is 0 Å². The van der Waals surface area contributed by atoms with Crippen molar-refractivity contribution in [2.75, 3.05) is 26.2 Å². The third kappa shape index (κ3) is 6.71. The van der Waals surface area contributed by atoms with Crippen LogP contribution in [0.1, 0.15) is 46.0 Å². The molecule has 1 aliphatic heterocycles. The molecular formula is C17H29N3O3. The first kappa shape index (κ1) is 17.9. The van der Waals surface area contributed by atoms with E-state index in [4.69, 9.17) is 4.74 Å². The molecule has 0 radical (unpaired) electrons. The molecule has 130 valence electrons. The number of nitrogens with zero attached hydrogens (tertiary/aromatic N) is 1. The highest BCUT2D eigenvalue weighted by Gasteiger charge is 2.24. The second kappa shape index (κ2) is 9.03. The van der Waals surface area contributed by atoms with Crippen LogP contribution in [0.4, 0.5) is 4.79 Å². The van der Waals surface area contributed by atoms with E-state index in [9.17, 15) is 9.59 Å². The van der Waals surface area contributed by atoms with Gasteiger partial charge in [-0.15, -0.1) is 0 Å². The molecule has 0 spiro atoms. The van der Waals surface area contributed by atoms with Gasteiger partial charge in [-0.1, -0.05) is 11.6 Å². The minimum atomic E-state index is -0.402. The smallest absolute Gasteiger partial charge is 0.321 e. The highest BCUT2D eigenvalue weighted by molar-refractivity contribution is 5.95. The minimum Gasteiger partial charge on any atom is -0.373 e. The third-order valence-corrected chi connectivity index (χ3v) is 4.23. The summed E-state index contributed by atoms with van der Waals surface area (Å²) in [6.07, 6.45) is 8.17. The molecule has 1 heterocycles. The van der Waals surface area contributed by atoms with Gasteiger partial charge in [-0.2, -0.15) is 0 Å². The summed E-state index contributed by atoms with van der Waals surface area (Å²) in [6, 6.07) is -0.402. The van der Waals surface area contributed by atoms with Crippen molar-refractivity contribution in [1.29, 1.82) is 0 Å². The summed E-state index contributed by atoms with van der Waals surface area (Å²) in [5.41, 5.74) is 1.42. The SMILES string of the molecule is C[C@H]1CN(CC(=O)NC(=O)NCCC2=CCCCC2)C[C@H](C)O1. The molecule has 2 atom stereocenters. The lowest BCUT2D eigenvalue weighted by Gasteiger charge is -2.34. The fraction of sp³-hybridized carbons (Fsp3) is 0.765. The normalized spacial score (nSPS) is 25.6. The predicted molar refractivity (Wildman–Crippen MR) is 89.2 cm³/mol. The Bertz CT molecular complexity index is 440. The van der Waals surface area contributed by atoms with Crippen molar-refractivity contribution in [2.45, 2.75) is 58.2 Å². The summed E-state index contributed by atoms with van der Waals surface area (Å²) in [6.45, 7) is 6.23. The Balaban J connectivity index is 1.62. The number of morpholine rings is 1. The van der Waals surface area contributed by atoms with Crippen molar-refractivity contribution in [1.82, 2.24) is 15.5 Å². The van der Waals surface area contributed by atoms with E-state index in [1.165, 1.54) is 18.4 Å². The summed E-state index contributed by atoms with van der Waals surface area (Å²) < 4.78 is 5.63. The quantitative estimate of drug-likeness (QED) is 0.757. The Labute approximate surface area is 138 Å². The number of hydrogen-bond acceptors (Lipinski definition) is 4. The van der Waals surface area contributed by atoms with Crippen LogP contribution < -0.4 is 10.6 Å². The number of amides is 3. The zero-order chi connectivity index (χ0) is 16.7. The average Bonchev–Trinajstić information content (AvgIpc) is 2.47. The average molecular weight is 323 g/mol. The van der Waals surface area contributed by atoms with Crippen molar-refractivity contribution >= 4 is 11.9 Å². The Kier molecular flexibility index (Phi) is 7.05. The van der Waals surface area contributed by atoms with Gasteiger partial charge >= 0.3 is 6.03 Å². The van der Waals surface area contributed by atoms with Crippen LogP contribution in [0.25, 0.3) is 0 Å². The molecule has 1 saturated heterocycles. The minimum absolute atomic E-state index is 0.115. The number of ether oxygens (including phenoxy) is 1. The van der Waals surface area contributed by atoms with E-state index in [1.807, 2.05) is 18.7 Å². The molecule has 2 rings (SSSR count). The Morgan fingerprint density at radius 3 is 2.65 bits per heavy atom. The predicted octanol–water partition coefficient (Wildman–Crippen LogP) is 1.81. The topological polar surface area (TPSA) is 70.7 Å². The van der Waals surface area contributed by atoms with E-state index in [2.05, 4.69) is 16.7 Å². The highest BCUT2D eigenvalue weighted by atomic mass is 16.5. The standard InChI is InChI=1S/C17H29N3O3/c1-13-10-20(11-14(2)23-13)12-16(21)19-17(22)18-9-8-15-6-4-3-5-7-15/h6,13-14H,3-5,7-12H2,1-2H3,(H2,18,19,21,22)/t13-,14-/m0/s1. The zero-order valence-corrected chi connectivity index (χ0v) is 14.3. The highest BCUT2D eigenvalue weighted by Crippen LogP contribution is 2.19. The Hall–Kier alpha value is -1.40. The van der Waals surface area contributed by atoms with Crippen molar-refractivity contribution in [2.24, 2.45) is 0 Å². The molecule has 2 aliphatic rings. The molecule has 3 amide bonds. The number of allylic oxidation sites excluding steroid dienone is 1.